The second-order valence-corrected chi connectivity index (χ2v) is 5.39. The van der Waals surface area contributed by atoms with Gasteiger partial charge in [0.15, 0.2) is 0 Å². The van der Waals surface area contributed by atoms with Gasteiger partial charge in [-0.3, -0.25) is 0 Å². The molecular weight excluding hydrogens is 182 g/mol. The van der Waals surface area contributed by atoms with E-state index in [1.807, 2.05) is 0 Å². The average Bonchev–Trinajstić information content (AvgIpc) is 2.11. The molecule has 0 saturated heterocycles. The van der Waals surface area contributed by atoms with Crippen LogP contribution in [0.1, 0.15) is 66.2 Å². The van der Waals surface area contributed by atoms with Crippen LogP contribution in [0, 0.1) is 0 Å². The van der Waals surface area contributed by atoms with Gasteiger partial charge in [0, 0.05) is 11.6 Å². The zero-order chi connectivity index (χ0) is 11.3. The molecule has 0 amide bonds. The van der Waals surface area contributed by atoms with Crippen LogP contribution in [0.3, 0.4) is 0 Å². The van der Waals surface area contributed by atoms with Crippen LogP contribution in [-0.4, -0.2) is 11.6 Å². The third-order valence-corrected chi connectivity index (χ3v) is 3.69. The van der Waals surface area contributed by atoms with Gasteiger partial charge in [-0.15, -0.1) is 0 Å². The molecule has 0 heterocycles. The first-order valence-corrected chi connectivity index (χ1v) is 6.49. The smallest absolute Gasteiger partial charge is 0.0181 e. The summed E-state index contributed by atoms with van der Waals surface area (Å²) in [6, 6.07) is 0.667. The summed E-state index contributed by atoms with van der Waals surface area (Å²) in [5, 5.41) is 3.82. The average molecular weight is 209 g/mol. The van der Waals surface area contributed by atoms with Gasteiger partial charge in [0.05, 0.1) is 0 Å². The maximum Gasteiger partial charge on any atom is 0.0181 e. The summed E-state index contributed by atoms with van der Waals surface area (Å²) in [4.78, 5) is 0. The highest BCUT2D eigenvalue weighted by Gasteiger charge is 2.35. The molecule has 1 saturated carbocycles. The lowest BCUT2D eigenvalue weighted by Gasteiger charge is -2.44. The second kappa shape index (κ2) is 5.69. The van der Waals surface area contributed by atoms with Gasteiger partial charge in [-0.1, -0.05) is 18.6 Å². The minimum absolute atomic E-state index is 0.504. The Morgan fingerprint density at radius 2 is 2.07 bits per heavy atom. The predicted octanol–water partition coefficient (Wildman–Crippen LogP) is 4.04. The summed E-state index contributed by atoms with van der Waals surface area (Å²) in [7, 11) is 0. The minimum Gasteiger partial charge on any atom is -0.309 e. The SMILES string of the molecule is CCC1(NC(C)CCC=C(C)C)CCC1. The Bertz CT molecular complexity index is 204. The van der Waals surface area contributed by atoms with Crippen LogP contribution in [0.2, 0.25) is 0 Å². The Kier molecular flexibility index (Phi) is 4.85. The first-order valence-electron chi connectivity index (χ1n) is 6.49. The first-order chi connectivity index (χ1) is 7.08. The summed E-state index contributed by atoms with van der Waals surface area (Å²) in [6.07, 6.45) is 10.3. The maximum atomic E-state index is 3.82. The van der Waals surface area contributed by atoms with Crippen LogP contribution in [0.15, 0.2) is 11.6 Å². The Morgan fingerprint density at radius 3 is 2.47 bits per heavy atom. The Morgan fingerprint density at radius 1 is 1.40 bits per heavy atom. The lowest BCUT2D eigenvalue weighted by atomic mass is 9.74. The van der Waals surface area contributed by atoms with E-state index in [-0.39, 0.29) is 0 Å². The Labute approximate surface area is 95.3 Å². The molecule has 0 radical (unpaired) electrons. The molecular formula is C14H27N. The maximum absolute atomic E-state index is 3.82. The van der Waals surface area contributed by atoms with Gasteiger partial charge >= 0.3 is 0 Å². The van der Waals surface area contributed by atoms with Crippen molar-refractivity contribution >= 4 is 0 Å². The number of hydrogen-bond acceptors (Lipinski definition) is 1. The minimum atomic E-state index is 0.504. The van der Waals surface area contributed by atoms with Crippen molar-refractivity contribution < 1.29 is 0 Å². The first kappa shape index (κ1) is 12.8. The lowest BCUT2D eigenvalue weighted by molar-refractivity contribution is 0.158. The van der Waals surface area contributed by atoms with E-state index in [4.69, 9.17) is 0 Å². The van der Waals surface area contributed by atoms with E-state index in [0.29, 0.717) is 11.6 Å². The zero-order valence-corrected chi connectivity index (χ0v) is 10.9. The third kappa shape index (κ3) is 3.98. The highest BCUT2D eigenvalue weighted by atomic mass is 15.0. The van der Waals surface area contributed by atoms with E-state index in [0.717, 1.165) is 0 Å². The quantitative estimate of drug-likeness (QED) is 0.651. The number of hydrogen-bond donors (Lipinski definition) is 1. The zero-order valence-electron chi connectivity index (χ0n) is 10.9. The van der Waals surface area contributed by atoms with Crippen LogP contribution < -0.4 is 5.32 Å². The van der Waals surface area contributed by atoms with Gasteiger partial charge < -0.3 is 5.32 Å². The summed E-state index contributed by atoms with van der Waals surface area (Å²) in [5.41, 5.74) is 1.95. The van der Waals surface area contributed by atoms with Crippen molar-refractivity contribution in [3.8, 4) is 0 Å². The van der Waals surface area contributed by atoms with Crippen molar-refractivity contribution in [2.45, 2.75) is 77.8 Å². The fraction of sp³-hybridized carbons (Fsp3) is 0.857. The van der Waals surface area contributed by atoms with Crippen molar-refractivity contribution in [3.63, 3.8) is 0 Å². The lowest BCUT2D eigenvalue weighted by Crippen LogP contribution is -2.53. The van der Waals surface area contributed by atoms with Crippen LogP contribution in [0.4, 0.5) is 0 Å². The molecule has 1 rings (SSSR count). The fourth-order valence-electron chi connectivity index (χ4n) is 2.42. The van der Waals surface area contributed by atoms with E-state index in [1.165, 1.54) is 44.1 Å². The summed E-state index contributed by atoms with van der Waals surface area (Å²) >= 11 is 0. The normalized spacial score (nSPS) is 20.5. The molecule has 1 atom stereocenters. The van der Waals surface area contributed by atoms with Crippen molar-refractivity contribution in [1.82, 2.24) is 5.32 Å². The molecule has 0 spiro atoms. The van der Waals surface area contributed by atoms with Gasteiger partial charge in [-0.25, -0.2) is 0 Å². The van der Waals surface area contributed by atoms with Crippen LogP contribution >= 0.6 is 0 Å². The number of allylic oxidation sites excluding steroid dienone is 2. The molecule has 1 fully saturated rings. The van der Waals surface area contributed by atoms with E-state index in [2.05, 4.69) is 39.1 Å². The van der Waals surface area contributed by atoms with Gasteiger partial charge in [-0.05, 0) is 59.3 Å². The van der Waals surface area contributed by atoms with Gasteiger partial charge in [0.1, 0.15) is 0 Å². The monoisotopic (exact) mass is 209 g/mol. The highest BCUT2D eigenvalue weighted by Crippen LogP contribution is 2.35. The van der Waals surface area contributed by atoms with Crippen molar-refractivity contribution in [3.05, 3.63) is 11.6 Å². The van der Waals surface area contributed by atoms with Crippen molar-refractivity contribution in [1.29, 1.82) is 0 Å². The van der Waals surface area contributed by atoms with Crippen molar-refractivity contribution in [2.24, 2.45) is 0 Å². The predicted molar refractivity (Wildman–Crippen MR) is 68.1 cm³/mol. The molecule has 0 bridgehead atoms. The molecule has 1 unspecified atom stereocenters. The molecule has 0 aromatic rings. The Balaban J connectivity index is 2.23. The van der Waals surface area contributed by atoms with E-state index < -0.39 is 0 Å². The number of rotatable bonds is 6. The molecule has 1 nitrogen and oxygen atoms in total. The van der Waals surface area contributed by atoms with E-state index in [9.17, 15) is 0 Å². The standard InChI is InChI=1S/C14H27N/c1-5-14(10-7-11-14)15-13(4)9-6-8-12(2)3/h8,13,15H,5-7,9-11H2,1-4H3. The molecule has 1 heteroatoms. The summed E-state index contributed by atoms with van der Waals surface area (Å²) < 4.78 is 0. The summed E-state index contributed by atoms with van der Waals surface area (Å²) in [5.74, 6) is 0. The molecule has 88 valence electrons. The largest absolute Gasteiger partial charge is 0.309 e. The Hall–Kier alpha value is -0.300. The third-order valence-electron chi connectivity index (χ3n) is 3.69. The van der Waals surface area contributed by atoms with Crippen LogP contribution in [-0.2, 0) is 0 Å². The molecule has 15 heavy (non-hydrogen) atoms. The van der Waals surface area contributed by atoms with E-state index >= 15 is 0 Å². The molecule has 1 N–H and O–H groups in total. The molecule has 1 aliphatic carbocycles. The van der Waals surface area contributed by atoms with Crippen LogP contribution in [0.25, 0.3) is 0 Å². The van der Waals surface area contributed by atoms with E-state index in [1.54, 1.807) is 0 Å². The van der Waals surface area contributed by atoms with Gasteiger partial charge in [0.25, 0.3) is 0 Å². The second-order valence-electron chi connectivity index (χ2n) is 5.39. The van der Waals surface area contributed by atoms with Gasteiger partial charge in [0.2, 0.25) is 0 Å². The highest BCUT2D eigenvalue weighted by molar-refractivity contribution is 4.97. The van der Waals surface area contributed by atoms with Crippen LogP contribution in [0.5, 0.6) is 0 Å². The van der Waals surface area contributed by atoms with Crippen molar-refractivity contribution in [2.75, 3.05) is 0 Å². The molecule has 1 aliphatic rings. The topological polar surface area (TPSA) is 12.0 Å². The summed E-state index contributed by atoms with van der Waals surface area (Å²) in [6.45, 7) is 9.00. The molecule has 0 aliphatic heterocycles. The molecule has 0 aromatic carbocycles. The fourth-order valence-corrected chi connectivity index (χ4v) is 2.42. The number of nitrogens with one attached hydrogen (secondary N) is 1. The van der Waals surface area contributed by atoms with Gasteiger partial charge in [-0.2, -0.15) is 0 Å². The molecule has 0 aromatic heterocycles.